The summed E-state index contributed by atoms with van der Waals surface area (Å²) in [5.74, 6) is 0.917. The molecule has 1 amide bonds. The molecule has 1 aliphatic carbocycles. The first-order valence-electron chi connectivity index (χ1n) is 14.4. The van der Waals surface area contributed by atoms with Crippen LogP contribution in [0.1, 0.15) is 75.3 Å². The number of hydrogen-bond donors (Lipinski definition) is 1. The van der Waals surface area contributed by atoms with Crippen LogP contribution in [0.4, 0.5) is 0 Å². The summed E-state index contributed by atoms with van der Waals surface area (Å²) in [5, 5.41) is 3.35. The summed E-state index contributed by atoms with van der Waals surface area (Å²) in [4.78, 5) is 15.9. The molecule has 0 atom stereocenters. The Hall–Kier alpha value is -2.85. The minimum Gasteiger partial charge on any atom is -0.493 e. The van der Waals surface area contributed by atoms with Gasteiger partial charge in [0.05, 0.1) is 6.61 Å². The number of allylic oxidation sites excluding steroid dienone is 1. The molecule has 2 aromatic carbocycles. The van der Waals surface area contributed by atoms with Crippen LogP contribution in [-0.2, 0) is 4.79 Å². The fourth-order valence-electron chi connectivity index (χ4n) is 5.81. The van der Waals surface area contributed by atoms with Gasteiger partial charge in [-0.05, 0) is 74.8 Å². The average Bonchev–Trinajstić information content (AvgIpc) is 3.04. The smallest absolute Gasteiger partial charge is 0.247 e. The number of likely N-dealkylation sites (tertiary alicyclic amines) is 1. The lowest BCUT2D eigenvalue weighted by Crippen LogP contribution is -2.45. The fraction of sp³-hybridized carbons (Fsp3) is 0.485. The highest BCUT2D eigenvalue weighted by Gasteiger charge is 2.23. The molecule has 1 fully saturated rings. The average molecular weight is 499 g/mol. The Kier molecular flexibility index (Phi) is 8.78. The number of hydrogen-bond acceptors (Lipinski definition) is 3. The molecule has 0 saturated carbocycles. The first kappa shape index (κ1) is 25.8. The van der Waals surface area contributed by atoms with Crippen LogP contribution >= 0.6 is 0 Å². The van der Waals surface area contributed by atoms with Crippen LogP contribution in [0.2, 0.25) is 0 Å². The second-order valence-corrected chi connectivity index (χ2v) is 11.1. The Morgan fingerprint density at radius 3 is 2.54 bits per heavy atom. The van der Waals surface area contributed by atoms with Gasteiger partial charge in [0.1, 0.15) is 5.75 Å². The lowest BCUT2D eigenvalue weighted by Gasteiger charge is -2.33. The van der Waals surface area contributed by atoms with E-state index in [1.165, 1.54) is 56.1 Å². The molecule has 2 heterocycles. The van der Waals surface area contributed by atoms with Gasteiger partial charge in [0.25, 0.3) is 0 Å². The highest BCUT2D eigenvalue weighted by atomic mass is 16.5. The molecule has 1 N–H and O–H groups in total. The number of nitrogens with zero attached hydrogens (tertiary/aromatic N) is 1. The van der Waals surface area contributed by atoms with Gasteiger partial charge in [-0.25, -0.2) is 0 Å². The van der Waals surface area contributed by atoms with Crippen molar-refractivity contribution in [3.05, 3.63) is 70.8 Å². The first-order chi connectivity index (χ1) is 18.1. The molecule has 37 heavy (non-hydrogen) atoms. The Bertz CT molecular complexity index is 1120. The van der Waals surface area contributed by atoms with Crippen LogP contribution in [0.5, 0.6) is 5.75 Å². The maximum atomic E-state index is 13.3. The quantitative estimate of drug-likeness (QED) is 0.448. The van der Waals surface area contributed by atoms with Crippen molar-refractivity contribution < 1.29 is 9.53 Å². The van der Waals surface area contributed by atoms with Crippen LogP contribution in [-0.4, -0.2) is 43.1 Å². The molecule has 0 bridgehead atoms. The van der Waals surface area contributed by atoms with Gasteiger partial charge in [-0.3, -0.25) is 9.69 Å². The Morgan fingerprint density at radius 2 is 1.70 bits per heavy atom. The zero-order valence-electron chi connectivity index (χ0n) is 22.4. The van der Waals surface area contributed by atoms with Crippen LogP contribution in [0, 0.1) is 6.92 Å². The molecular weight excluding hydrogens is 456 g/mol. The van der Waals surface area contributed by atoms with E-state index in [2.05, 4.69) is 59.6 Å². The van der Waals surface area contributed by atoms with Gasteiger partial charge in [-0.2, -0.15) is 0 Å². The number of amides is 1. The summed E-state index contributed by atoms with van der Waals surface area (Å²) in [6, 6.07) is 15.1. The maximum absolute atomic E-state index is 13.3. The molecule has 2 aliphatic heterocycles. The summed E-state index contributed by atoms with van der Waals surface area (Å²) in [7, 11) is 0. The number of fused-ring (bicyclic) bond motifs is 1. The molecule has 1 saturated heterocycles. The third-order valence-electron chi connectivity index (χ3n) is 8.13. The summed E-state index contributed by atoms with van der Waals surface area (Å²) < 4.78 is 6.00. The number of carbonyl (C=O) groups is 1. The van der Waals surface area contributed by atoms with Crippen molar-refractivity contribution in [3.8, 4) is 16.9 Å². The van der Waals surface area contributed by atoms with Crippen molar-refractivity contribution in [3.63, 3.8) is 0 Å². The molecule has 2 aromatic rings. The molecule has 4 nitrogen and oxygen atoms in total. The van der Waals surface area contributed by atoms with E-state index in [4.69, 9.17) is 4.74 Å². The van der Waals surface area contributed by atoms with Crippen molar-refractivity contribution in [1.82, 2.24) is 10.2 Å². The van der Waals surface area contributed by atoms with Crippen molar-refractivity contribution in [2.75, 3.05) is 26.2 Å². The van der Waals surface area contributed by atoms with Gasteiger partial charge in [0.15, 0.2) is 0 Å². The van der Waals surface area contributed by atoms with E-state index in [0.717, 1.165) is 54.9 Å². The summed E-state index contributed by atoms with van der Waals surface area (Å²) in [5.41, 5.74) is 7.00. The topological polar surface area (TPSA) is 41.6 Å². The van der Waals surface area contributed by atoms with E-state index < -0.39 is 0 Å². The lowest BCUT2D eigenvalue weighted by molar-refractivity contribution is -0.118. The molecule has 5 rings (SSSR count). The number of carbonyl (C=O) groups excluding carboxylic acids is 1. The maximum Gasteiger partial charge on any atom is 0.247 e. The molecule has 196 valence electrons. The minimum atomic E-state index is 0.0645. The van der Waals surface area contributed by atoms with Crippen molar-refractivity contribution >= 4 is 12.0 Å². The summed E-state index contributed by atoms with van der Waals surface area (Å²) >= 11 is 0. The number of ether oxygens (including phenoxy) is 1. The predicted octanol–water partition coefficient (Wildman–Crippen LogP) is 7.08. The SMILES string of the molecule is Cc1ccc(-c2ccc3c(c2)C=C(C(=O)NC2CCN(CC4=CCCCCCCC4)CC2)CCO3)cc1. The van der Waals surface area contributed by atoms with E-state index >= 15 is 0 Å². The minimum absolute atomic E-state index is 0.0645. The second-order valence-electron chi connectivity index (χ2n) is 11.1. The third-order valence-corrected chi connectivity index (χ3v) is 8.13. The van der Waals surface area contributed by atoms with Crippen molar-refractivity contribution in [1.29, 1.82) is 0 Å². The highest BCUT2D eigenvalue weighted by molar-refractivity contribution is 5.98. The standard InChI is InChI=1S/C33H42N2O2/c1-25-10-12-27(13-11-25)28-14-15-32-30(22-28)23-29(18-21-37-32)33(36)34-31-16-19-35(20-17-31)24-26-8-6-4-2-3-5-7-9-26/h8,10-15,22-23,31H,2-7,9,16-21,24H2,1H3,(H,34,36). The highest BCUT2D eigenvalue weighted by Crippen LogP contribution is 2.31. The van der Waals surface area contributed by atoms with Crippen LogP contribution in [0.15, 0.2) is 59.7 Å². The normalized spacial score (nSPS) is 19.7. The molecule has 3 aliphatic rings. The first-order valence-corrected chi connectivity index (χ1v) is 14.4. The molecular formula is C33H42N2O2. The third kappa shape index (κ3) is 7.13. The van der Waals surface area contributed by atoms with E-state index in [9.17, 15) is 4.79 Å². The second kappa shape index (κ2) is 12.6. The Balaban J connectivity index is 1.18. The van der Waals surface area contributed by atoms with E-state index in [1.54, 1.807) is 5.57 Å². The largest absolute Gasteiger partial charge is 0.493 e. The van der Waals surface area contributed by atoms with E-state index in [0.29, 0.717) is 13.0 Å². The molecule has 0 aromatic heterocycles. The summed E-state index contributed by atoms with van der Waals surface area (Å²) in [6.45, 7) is 5.87. The van der Waals surface area contributed by atoms with Crippen LogP contribution in [0.3, 0.4) is 0 Å². The lowest BCUT2D eigenvalue weighted by atomic mass is 9.99. The molecule has 0 spiro atoms. The van der Waals surface area contributed by atoms with Crippen molar-refractivity contribution in [2.45, 2.75) is 77.2 Å². The zero-order valence-corrected chi connectivity index (χ0v) is 22.4. The fourth-order valence-corrected chi connectivity index (χ4v) is 5.81. The Labute approximate surface area is 222 Å². The van der Waals surface area contributed by atoms with Gasteiger partial charge in [0.2, 0.25) is 5.91 Å². The number of rotatable bonds is 5. The number of piperidine rings is 1. The van der Waals surface area contributed by atoms with Crippen LogP contribution in [0.25, 0.3) is 17.2 Å². The predicted molar refractivity (Wildman–Crippen MR) is 153 cm³/mol. The monoisotopic (exact) mass is 498 g/mol. The van der Waals surface area contributed by atoms with Gasteiger partial charge < -0.3 is 10.1 Å². The molecule has 0 radical (unpaired) electrons. The van der Waals surface area contributed by atoms with Crippen molar-refractivity contribution in [2.24, 2.45) is 0 Å². The van der Waals surface area contributed by atoms with Gasteiger partial charge >= 0.3 is 0 Å². The number of nitrogens with one attached hydrogen (secondary N) is 1. The van der Waals surface area contributed by atoms with E-state index in [-0.39, 0.29) is 11.9 Å². The van der Waals surface area contributed by atoms with Crippen LogP contribution < -0.4 is 10.1 Å². The van der Waals surface area contributed by atoms with Gasteiger partial charge in [0, 0.05) is 43.2 Å². The van der Waals surface area contributed by atoms with E-state index in [1.807, 2.05) is 12.1 Å². The molecule has 4 heteroatoms. The summed E-state index contributed by atoms with van der Waals surface area (Å²) in [6.07, 6.45) is 16.6. The van der Waals surface area contributed by atoms with Gasteiger partial charge in [-0.15, -0.1) is 0 Å². The molecule has 0 unspecified atom stereocenters. The number of benzene rings is 2. The Morgan fingerprint density at radius 1 is 0.946 bits per heavy atom. The zero-order chi connectivity index (χ0) is 25.5. The van der Waals surface area contributed by atoms with Gasteiger partial charge in [-0.1, -0.05) is 66.8 Å². The number of aryl methyl sites for hydroxylation is 1.